The molecule has 9 N–H and O–H groups in total. The molecule has 1 fully saturated rings. The van der Waals surface area contributed by atoms with Gasteiger partial charge in [-0.15, -0.1) is 11.3 Å². The van der Waals surface area contributed by atoms with Crippen molar-refractivity contribution in [3.63, 3.8) is 0 Å². The van der Waals surface area contributed by atoms with E-state index in [1.807, 2.05) is 109 Å². The van der Waals surface area contributed by atoms with Crippen molar-refractivity contribution in [3.05, 3.63) is 116 Å². The molecule has 1 saturated heterocycles. The van der Waals surface area contributed by atoms with E-state index < -0.39 is 35.4 Å². The number of aromatic amines is 1. The third-order valence-electron chi connectivity index (χ3n) is 14.0. The summed E-state index contributed by atoms with van der Waals surface area (Å²) in [5.41, 5.74) is 14.1. The van der Waals surface area contributed by atoms with E-state index in [0.717, 1.165) is 50.3 Å². The van der Waals surface area contributed by atoms with Gasteiger partial charge in [-0.1, -0.05) is 45.0 Å². The fraction of sp³-hybridized carbons (Fsp3) is 0.492. The summed E-state index contributed by atoms with van der Waals surface area (Å²) in [6, 6.07) is 15.3. The number of likely N-dealkylation sites (N-methyl/N-ethyl adjacent to an activating group) is 1. The molecule has 1 unspecified atom stereocenters. The number of pyridine rings is 2. The summed E-state index contributed by atoms with van der Waals surface area (Å²) in [5, 5.41) is 30.8. The van der Waals surface area contributed by atoms with Crippen LogP contribution in [0.15, 0.2) is 71.1 Å². The number of hydrazine groups is 1. The molecule has 0 saturated carbocycles. The zero-order chi connectivity index (χ0) is 61.6. The summed E-state index contributed by atoms with van der Waals surface area (Å²) in [7, 11) is 0. The number of amides is 5. The molecular weight excluding hydrogens is 1110 g/mol. The van der Waals surface area contributed by atoms with E-state index in [2.05, 4.69) is 42.1 Å². The minimum atomic E-state index is -0.954. The van der Waals surface area contributed by atoms with Crippen LogP contribution in [0.2, 0.25) is 0 Å². The Balaban J connectivity index is 0.811. The fourth-order valence-electron chi connectivity index (χ4n) is 9.53. The maximum atomic E-state index is 14.0. The zero-order valence-corrected chi connectivity index (χ0v) is 51.1. The monoisotopic (exact) mass is 1190 g/mol. The van der Waals surface area contributed by atoms with Crippen LogP contribution >= 0.6 is 11.3 Å². The van der Waals surface area contributed by atoms with E-state index in [4.69, 9.17) is 29.3 Å². The van der Waals surface area contributed by atoms with Gasteiger partial charge < -0.3 is 65.5 Å². The molecule has 1 aliphatic heterocycles. The normalized spacial score (nSPS) is 14.5. The fourth-order valence-corrected chi connectivity index (χ4v) is 10.3. The lowest BCUT2D eigenvalue weighted by Gasteiger charge is -2.35. The van der Waals surface area contributed by atoms with Crippen molar-refractivity contribution in [2.45, 2.75) is 112 Å². The highest BCUT2D eigenvalue weighted by Gasteiger charge is 2.44. The summed E-state index contributed by atoms with van der Waals surface area (Å²) in [4.78, 5) is 95.6. The number of aromatic nitrogens is 3. The summed E-state index contributed by atoms with van der Waals surface area (Å²) < 4.78 is 22.2. The number of hydrogen-bond acceptors (Lipinski definition) is 18. The third-order valence-corrected chi connectivity index (χ3v) is 15.0. The number of likely N-dealkylation sites (tertiary alicyclic amines) is 1. The van der Waals surface area contributed by atoms with Gasteiger partial charge in [0.05, 0.1) is 74.0 Å². The molecule has 5 aromatic rings. The second-order valence-corrected chi connectivity index (χ2v) is 23.0. The summed E-state index contributed by atoms with van der Waals surface area (Å²) in [6.07, 6.45) is 2.09. The third kappa shape index (κ3) is 20.1. The lowest BCUT2D eigenvalue weighted by Crippen LogP contribution is -2.57. The predicted molar refractivity (Wildman–Crippen MR) is 328 cm³/mol. The first-order valence-electron chi connectivity index (χ1n) is 28.7. The number of anilines is 2. The van der Waals surface area contributed by atoms with Gasteiger partial charge in [0.25, 0.3) is 17.4 Å². The number of H-pyrrole nitrogens is 1. The largest absolute Gasteiger partial charge is 0.391 e. The number of β-amino-alcohol motifs (C(OH)–C–C–N with tert-alkyl or cyclic N) is 1. The molecule has 0 spiro atoms. The molecule has 4 heterocycles. The van der Waals surface area contributed by atoms with Crippen molar-refractivity contribution >= 4 is 58.6 Å². The maximum absolute atomic E-state index is 14.0. The number of carbonyl (C=O) groups is 5. The number of aliphatic hydroxyl groups excluding tert-OH is 1. The molecule has 0 bridgehead atoms. The maximum Gasteiger partial charge on any atom is 0.260 e. The van der Waals surface area contributed by atoms with E-state index in [-0.39, 0.29) is 107 Å². The lowest BCUT2D eigenvalue weighted by atomic mass is 9.85. The SMILES string of the molecule is CCN(CCNNC(=O)COCCOCCOCCOCCC(=O)N[C@H](C(=O)N1CC(O)C[C@H]1C(=O)NCc1ccc(-c2scnc2C)cc1)C(C)(C)C)c1ccc(-c2cc(NC(C)C)c(C=N)c(C(=O)NCc3c(C)cc(C)[nH]c3=O)c2)cn1. The first-order valence-corrected chi connectivity index (χ1v) is 29.6. The van der Waals surface area contributed by atoms with E-state index in [1.165, 1.54) is 4.90 Å². The Morgan fingerprint density at radius 3 is 2.16 bits per heavy atom. The summed E-state index contributed by atoms with van der Waals surface area (Å²) in [6.45, 7) is 20.3. The van der Waals surface area contributed by atoms with E-state index in [0.29, 0.717) is 55.5 Å². The standard InChI is InChI=1S/C61H84N12O11S/c1-10-72(52-16-15-44(33-63-52)45-28-47(48(31-62)50(29-45)68-38(2)3)57(77)65-34-49-39(4)27-40(5)69-58(49)78)19-18-67-71-54(76)36-84-26-25-83-24-23-82-22-21-81-20-17-53(75)70-56(61(7,8)9)60(80)73-35-46(74)30-51(73)59(79)64-32-42-11-13-43(14-12-42)55-41(6)66-37-85-55/h11-16,27-29,31,33,37-38,46,51,56,62,67-68,74H,10,17-26,30,32,34-36H2,1-9H3,(H,64,79)(H,65,77)(H,69,78)(H,70,75)(H,71,76)/t46?,51-,56+/m0/s1. The van der Waals surface area contributed by atoms with Gasteiger partial charge in [0.15, 0.2) is 0 Å². The van der Waals surface area contributed by atoms with Gasteiger partial charge in [0.1, 0.15) is 24.5 Å². The molecule has 85 heavy (non-hydrogen) atoms. The first kappa shape index (κ1) is 66.7. The summed E-state index contributed by atoms with van der Waals surface area (Å²) >= 11 is 1.56. The van der Waals surface area contributed by atoms with Crippen LogP contribution in [0.4, 0.5) is 11.5 Å². The van der Waals surface area contributed by atoms with Crippen molar-refractivity contribution < 1.29 is 48.0 Å². The van der Waals surface area contributed by atoms with Gasteiger partial charge in [-0.25, -0.2) is 15.4 Å². The second kappa shape index (κ2) is 32.7. The second-order valence-electron chi connectivity index (χ2n) is 22.1. The Labute approximate surface area is 501 Å². The van der Waals surface area contributed by atoms with E-state index >= 15 is 0 Å². The Morgan fingerprint density at radius 2 is 1.55 bits per heavy atom. The number of nitrogens with zero attached hydrogens (tertiary/aromatic N) is 4. The average molecular weight is 1190 g/mol. The zero-order valence-electron chi connectivity index (χ0n) is 50.3. The van der Waals surface area contributed by atoms with Crippen LogP contribution in [0.5, 0.6) is 0 Å². The molecule has 0 radical (unpaired) electrons. The van der Waals surface area contributed by atoms with Gasteiger partial charge in [-0.3, -0.25) is 34.2 Å². The van der Waals surface area contributed by atoms with Gasteiger partial charge in [0.2, 0.25) is 17.7 Å². The van der Waals surface area contributed by atoms with Gasteiger partial charge >= 0.3 is 0 Å². The minimum Gasteiger partial charge on any atom is -0.391 e. The van der Waals surface area contributed by atoms with Crippen LogP contribution in [0, 0.1) is 31.6 Å². The molecular formula is C61H84N12O11S. The quantitative estimate of drug-likeness (QED) is 0.0153. The Bertz CT molecular complexity index is 3090. The van der Waals surface area contributed by atoms with Gasteiger partial charge in [-0.05, 0) is 99.5 Å². The number of carbonyl (C=O) groups excluding carboxylic acids is 5. The number of hydrogen-bond donors (Lipinski definition) is 9. The van der Waals surface area contributed by atoms with Crippen LogP contribution < -0.4 is 42.6 Å². The molecule has 6 rings (SSSR count). The van der Waals surface area contributed by atoms with Crippen LogP contribution in [0.3, 0.4) is 0 Å². The van der Waals surface area contributed by atoms with Crippen molar-refractivity contribution in [1.29, 1.82) is 5.41 Å². The molecule has 460 valence electrons. The van der Waals surface area contributed by atoms with Crippen molar-refractivity contribution in [1.82, 2.24) is 46.7 Å². The van der Waals surface area contributed by atoms with E-state index in [1.54, 1.807) is 36.0 Å². The highest BCUT2D eigenvalue weighted by atomic mass is 32.1. The number of ether oxygens (including phenoxy) is 4. The predicted octanol–water partition coefficient (Wildman–Crippen LogP) is 4.95. The molecule has 5 amide bonds. The number of aliphatic hydroxyl groups is 1. The molecule has 24 heteroatoms. The van der Waals surface area contributed by atoms with E-state index in [9.17, 15) is 33.9 Å². The van der Waals surface area contributed by atoms with Crippen LogP contribution in [-0.2, 0) is 51.2 Å². The topological polar surface area (TPSA) is 304 Å². The number of thiazole rings is 1. The molecule has 2 aromatic carbocycles. The highest BCUT2D eigenvalue weighted by molar-refractivity contribution is 7.13. The number of benzene rings is 2. The Morgan fingerprint density at radius 1 is 0.871 bits per heavy atom. The highest BCUT2D eigenvalue weighted by Crippen LogP contribution is 2.31. The molecule has 3 atom stereocenters. The number of rotatable bonds is 33. The molecule has 3 aromatic heterocycles. The smallest absolute Gasteiger partial charge is 0.260 e. The van der Waals surface area contributed by atoms with Crippen LogP contribution in [-0.4, -0.2) is 164 Å². The summed E-state index contributed by atoms with van der Waals surface area (Å²) in [5.74, 6) is -1.27. The average Bonchev–Trinajstić information content (AvgIpc) is 4.27. The van der Waals surface area contributed by atoms with Crippen molar-refractivity contribution in [2.24, 2.45) is 5.41 Å². The molecule has 23 nitrogen and oxygen atoms in total. The van der Waals surface area contributed by atoms with Crippen molar-refractivity contribution in [2.75, 3.05) is 89.3 Å². The Hall–Kier alpha value is -7.45. The van der Waals surface area contributed by atoms with Crippen LogP contribution in [0.1, 0.15) is 98.4 Å². The van der Waals surface area contributed by atoms with Crippen molar-refractivity contribution in [3.8, 4) is 21.6 Å². The lowest BCUT2D eigenvalue weighted by molar-refractivity contribution is -0.144. The number of aryl methyl sites for hydroxylation is 3. The number of nitrogens with one attached hydrogen (secondary N) is 8. The van der Waals surface area contributed by atoms with Gasteiger partial charge in [0, 0.05) is 98.6 Å². The van der Waals surface area contributed by atoms with Gasteiger partial charge in [-0.2, -0.15) is 0 Å². The van der Waals surface area contributed by atoms with Crippen LogP contribution in [0.25, 0.3) is 21.6 Å². The molecule has 1 aliphatic rings. The molecule has 0 aliphatic carbocycles. The Kier molecular flexibility index (Phi) is 25.7. The minimum absolute atomic E-state index is 0.00388. The first-order chi connectivity index (χ1) is 40.7.